The number of carbonyl (C=O) groups is 1. The van der Waals surface area contributed by atoms with Crippen LogP contribution >= 0.6 is 0 Å². The van der Waals surface area contributed by atoms with Crippen molar-refractivity contribution in [2.75, 3.05) is 42.7 Å². The van der Waals surface area contributed by atoms with Crippen molar-refractivity contribution in [2.24, 2.45) is 0 Å². The van der Waals surface area contributed by atoms with Crippen molar-refractivity contribution >= 4 is 23.2 Å². The summed E-state index contributed by atoms with van der Waals surface area (Å²) in [7, 11) is 3.96. The summed E-state index contributed by atoms with van der Waals surface area (Å²) in [6, 6.07) is 6.28. The number of nitrogens with zero attached hydrogens (tertiary/aromatic N) is 4. The molecule has 2 N–H and O–H groups in total. The molecule has 27 heavy (non-hydrogen) atoms. The van der Waals surface area contributed by atoms with Crippen molar-refractivity contribution in [1.82, 2.24) is 14.9 Å². The predicted octanol–water partition coefficient (Wildman–Crippen LogP) is 3.35. The predicted molar refractivity (Wildman–Crippen MR) is 109 cm³/mol. The zero-order chi connectivity index (χ0) is 19.2. The number of aryl methyl sites for hydroxylation is 1. The van der Waals surface area contributed by atoms with Crippen LogP contribution in [0, 0.1) is 6.92 Å². The van der Waals surface area contributed by atoms with Crippen molar-refractivity contribution in [2.45, 2.75) is 32.2 Å². The van der Waals surface area contributed by atoms with E-state index in [1.807, 2.05) is 49.1 Å². The summed E-state index contributed by atoms with van der Waals surface area (Å²) in [6.07, 6.45) is 8.24. The molecule has 0 radical (unpaired) electrons. The maximum absolute atomic E-state index is 12.5. The molecule has 0 aliphatic carbocycles. The zero-order valence-corrected chi connectivity index (χ0v) is 16.3. The lowest BCUT2D eigenvalue weighted by Gasteiger charge is -2.22. The summed E-state index contributed by atoms with van der Waals surface area (Å²) in [4.78, 5) is 25.0. The monoisotopic (exact) mass is 368 g/mol. The van der Waals surface area contributed by atoms with Crippen LogP contribution in [-0.4, -0.2) is 54.1 Å². The molecule has 2 amide bonds. The van der Waals surface area contributed by atoms with Gasteiger partial charge in [-0.15, -0.1) is 0 Å². The number of amides is 2. The lowest BCUT2D eigenvalue weighted by molar-refractivity contribution is 0.213. The average Bonchev–Trinajstić information content (AvgIpc) is 2.88. The molecule has 144 valence electrons. The van der Waals surface area contributed by atoms with Crippen molar-refractivity contribution in [3.8, 4) is 0 Å². The van der Waals surface area contributed by atoms with Crippen LogP contribution < -0.4 is 15.5 Å². The molecule has 2 aromatic heterocycles. The molecule has 1 atom stereocenters. The first-order chi connectivity index (χ1) is 13.0. The molecule has 3 rings (SSSR count). The van der Waals surface area contributed by atoms with Gasteiger partial charge in [0.05, 0.1) is 23.8 Å². The van der Waals surface area contributed by atoms with Gasteiger partial charge in [-0.2, -0.15) is 0 Å². The van der Waals surface area contributed by atoms with Crippen LogP contribution in [0.5, 0.6) is 0 Å². The maximum Gasteiger partial charge on any atom is 0.321 e. The van der Waals surface area contributed by atoms with Crippen molar-refractivity contribution in [1.29, 1.82) is 0 Å². The van der Waals surface area contributed by atoms with Gasteiger partial charge in [0.15, 0.2) is 0 Å². The molecule has 0 unspecified atom stereocenters. The molecule has 3 heterocycles. The van der Waals surface area contributed by atoms with E-state index in [1.165, 1.54) is 0 Å². The lowest BCUT2D eigenvalue weighted by atomic mass is 10.1. The van der Waals surface area contributed by atoms with Crippen LogP contribution in [0.3, 0.4) is 0 Å². The van der Waals surface area contributed by atoms with Gasteiger partial charge in [-0.05, 0) is 49.9 Å². The molecular formula is C20H28N6O. The van der Waals surface area contributed by atoms with E-state index in [0.717, 1.165) is 55.1 Å². The van der Waals surface area contributed by atoms with E-state index in [9.17, 15) is 4.79 Å². The number of rotatable bonds is 4. The normalized spacial score (nSPS) is 17.1. The highest BCUT2D eigenvalue weighted by atomic mass is 16.2. The molecule has 0 aromatic carbocycles. The van der Waals surface area contributed by atoms with E-state index in [1.54, 1.807) is 12.4 Å². The number of pyridine rings is 2. The largest absolute Gasteiger partial charge is 0.381 e. The molecule has 1 aliphatic rings. The Hall–Kier alpha value is -2.83. The van der Waals surface area contributed by atoms with Gasteiger partial charge in [0.2, 0.25) is 0 Å². The number of urea groups is 1. The van der Waals surface area contributed by atoms with Crippen LogP contribution in [0.25, 0.3) is 0 Å². The molecular weight excluding hydrogens is 340 g/mol. The van der Waals surface area contributed by atoms with Crippen molar-refractivity contribution < 1.29 is 4.79 Å². The van der Waals surface area contributed by atoms with Crippen molar-refractivity contribution in [3.05, 3.63) is 42.4 Å². The van der Waals surface area contributed by atoms with Gasteiger partial charge >= 0.3 is 6.03 Å². The third-order valence-corrected chi connectivity index (χ3v) is 4.72. The van der Waals surface area contributed by atoms with Crippen molar-refractivity contribution in [3.63, 3.8) is 0 Å². The number of hydrogen-bond acceptors (Lipinski definition) is 5. The average molecular weight is 368 g/mol. The molecule has 2 aromatic rings. The number of aromatic nitrogens is 2. The fraction of sp³-hybridized carbons (Fsp3) is 0.450. The molecule has 1 aliphatic heterocycles. The fourth-order valence-corrected chi connectivity index (χ4v) is 3.24. The zero-order valence-electron chi connectivity index (χ0n) is 16.3. The maximum atomic E-state index is 12.5. The summed E-state index contributed by atoms with van der Waals surface area (Å²) in [5, 5.41) is 6.51. The Morgan fingerprint density at radius 2 is 2.00 bits per heavy atom. The van der Waals surface area contributed by atoms with Crippen LogP contribution in [-0.2, 0) is 0 Å². The third-order valence-electron chi connectivity index (χ3n) is 4.72. The van der Waals surface area contributed by atoms with Crippen LogP contribution in [0.15, 0.2) is 36.8 Å². The summed E-state index contributed by atoms with van der Waals surface area (Å²) in [5.74, 6) is 0.940. The van der Waals surface area contributed by atoms with Crippen LogP contribution in [0.2, 0.25) is 0 Å². The van der Waals surface area contributed by atoms with E-state index in [-0.39, 0.29) is 6.03 Å². The molecule has 0 bridgehead atoms. The molecule has 7 nitrogen and oxygen atoms in total. The minimum Gasteiger partial charge on any atom is -0.381 e. The second-order valence-electron chi connectivity index (χ2n) is 7.24. The first-order valence-corrected chi connectivity index (χ1v) is 9.39. The van der Waals surface area contributed by atoms with Gasteiger partial charge in [-0.1, -0.05) is 0 Å². The number of hydrogen-bond donors (Lipinski definition) is 2. The molecule has 7 heteroatoms. The second kappa shape index (κ2) is 8.70. The number of nitrogens with one attached hydrogen (secondary N) is 2. The first kappa shape index (κ1) is 18.9. The van der Waals surface area contributed by atoms with Gasteiger partial charge in [0.1, 0.15) is 5.82 Å². The highest BCUT2D eigenvalue weighted by Gasteiger charge is 2.21. The minimum atomic E-state index is -0.0555. The van der Waals surface area contributed by atoms with Gasteiger partial charge in [-0.3, -0.25) is 4.98 Å². The molecule has 0 spiro atoms. The van der Waals surface area contributed by atoms with E-state index >= 15 is 0 Å². The Morgan fingerprint density at radius 1 is 1.15 bits per heavy atom. The number of likely N-dealkylation sites (tertiary alicyclic amines) is 1. The van der Waals surface area contributed by atoms with E-state index in [4.69, 9.17) is 0 Å². The van der Waals surface area contributed by atoms with E-state index < -0.39 is 0 Å². The van der Waals surface area contributed by atoms with Crippen LogP contribution in [0.1, 0.15) is 24.8 Å². The second-order valence-corrected chi connectivity index (χ2v) is 7.24. The van der Waals surface area contributed by atoms with Gasteiger partial charge in [0, 0.05) is 39.4 Å². The summed E-state index contributed by atoms with van der Waals surface area (Å²) >= 11 is 0. The van der Waals surface area contributed by atoms with Gasteiger partial charge in [0.25, 0.3) is 0 Å². The Bertz CT molecular complexity index is 761. The Morgan fingerprint density at radius 3 is 2.70 bits per heavy atom. The molecule has 0 saturated carbocycles. The third kappa shape index (κ3) is 5.32. The Labute approximate surface area is 160 Å². The van der Waals surface area contributed by atoms with Gasteiger partial charge in [-0.25, -0.2) is 9.78 Å². The first-order valence-electron chi connectivity index (χ1n) is 9.39. The molecule has 1 saturated heterocycles. The smallest absolute Gasteiger partial charge is 0.321 e. The summed E-state index contributed by atoms with van der Waals surface area (Å²) < 4.78 is 0. The Balaban J connectivity index is 1.53. The van der Waals surface area contributed by atoms with Crippen LogP contribution in [0.4, 0.5) is 22.0 Å². The lowest BCUT2D eigenvalue weighted by Crippen LogP contribution is -2.36. The van der Waals surface area contributed by atoms with E-state index in [2.05, 4.69) is 26.7 Å². The fourth-order valence-electron chi connectivity index (χ4n) is 3.24. The number of anilines is 3. The summed E-state index contributed by atoms with van der Waals surface area (Å²) in [5.41, 5.74) is 2.79. The Kier molecular flexibility index (Phi) is 6.11. The molecule has 1 fully saturated rings. The highest BCUT2D eigenvalue weighted by Crippen LogP contribution is 2.19. The minimum absolute atomic E-state index is 0.0555. The topological polar surface area (TPSA) is 73.4 Å². The summed E-state index contributed by atoms with van der Waals surface area (Å²) in [6.45, 7) is 3.46. The number of carbonyl (C=O) groups excluding carboxylic acids is 1. The highest BCUT2D eigenvalue weighted by molar-refractivity contribution is 5.89. The standard InChI is InChI=1S/C20H28N6O/c1-15-11-18(13-21-12-15)24-20(27)26-9-4-5-16(8-10-26)23-17-6-7-19(22-14-17)25(2)3/h6-7,11-14,16,23H,4-5,8-10H2,1-3H3,(H,24,27)/t16-/m1/s1. The van der Waals surface area contributed by atoms with Gasteiger partial charge < -0.3 is 20.4 Å². The quantitative estimate of drug-likeness (QED) is 0.866. The SMILES string of the molecule is Cc1cncc(NC(=O)N2CCC[C@@H](Nc3ccc(N(C)C)nc3)CC2)c1. The van der Waals surface area contributed by atoms with E-state index in [0.29, 0.717) is 6.04 Å².